The minimum absolute atomic E-state index is 0.128. The Morgan fingerprint density at radius 3 is 2.77 bits per heavy atom. The number of thiazole rings is 1. The zero-order valence-corrected chi connectivity index (χ0v) is 17.4. The molecule has 156 valence electrons. The van der Waals surface area contributed by atoms with E-state index in [1.807, 2.05) is 54.6 Å². The van der Waals surface area contributed by atoms with Crippen molar-refractivity contribution < 1.29 is 13.9 Å². The monoisotopic (exact) mass is 433 g/mol. The zero-order chi connectivity index (χ0) is 21.2. The van der Waals surface area contributed by atoms with Crippen molar-refractivity contribution in [3.05, 3.63) is 84.2 Å². The van der Waals surface area contributed by atoms with Gasteiger partial charge in [-0.3, -0.25) is 4.79 Å². The molecule has 3 aromatic carbocycles. The third-order valence-corrected chi connectivity index (χ3v) is 6.21. The van der Waals surface area contributed by atoms with Crippen LogP contribution in [0.4, 0.5) is 15.2 Å². The van der Waals surface area contributed by atoms with Crippen LogP contribution in [0.3, 0.4) is 0 Å². The summed E-state index contributed by atoms with van der Waals surface area (Å²) < 4.78 is 20.6. The van der Waals surface area contributed by atoms with Crippen LogP contribution in [0.25, 0.3) is 10.2 Å². The number of benzene rings is 3. The van der Waals surface area contributed by atoms with Crippen molar-refractivity contribution >= 4 is 38.3 Å². The maximum Gasteiger partial charge on any atom is 0.228 e. The first-order valence-corrected chi connectivity index (χ1v) is 10.9. The quantitative estimate of drug-likeness (QED) is 0.468. The van der Waals surface area contributed by atoms with Gasteiger partial charge in [-0.1, -0.05) is 53.8 Å². The van der Waals surface area contributed by atoms with E-state index in [0.717, 1.165) is 21.5 Å². The Hall–Kier alpha value is -3.45. The van der Waals surface area contributed by atoms with E-state index in [1.165, 1.54) is 23.5 Å². The SMILES string of the molecule is O=C(C[C@@H]1COc2cc(F)ccc2N1Cc1ccccc1)Nc1nc2ccccc2s1. The lowest BCUT2D eigenvalue weighted by Gasteiger charge is -2.38. The van der Waals surface area contributed by atoms with Gasteiger partial charge in [0.15, 0.2) is 5.13 Å². The topological polar surface area (TPSA) is 54.5 Å². The summed E-state index contributed by atoms with van der Waals surface area (Å²) >= 11 is 1.45. The van der Waals surface area contributed by atoms with Gasteiger partial charge in [-0.15, -0.1) is 0 Å². The molecule has 1 atom stereocenters. The molecular formula is C24H20FN3O2S. The van der Waals surface area contributed by atoms with Crippen molar-refractivity contribution in [1.29, 1.82) is 0 Å². The number of anilines is 2. The van der Waals surface area contributed by atoms with Crippen LogP contribution in [0.5, 0.6) is 5.75 Å². The molecule has 5 nitrogen and oxygen atoms in total. The van der Waals surface area contributed by atoms with Crippen LogP contribution in [0.15, 0.2) is 72.8 Å². The fourth-order valence-corrected chi connectivity index (χ4v) is 4.67. The molecule has 4 aromatic rings. The molecule has 0 bridgehead atoms. The second kappa shape index (κ2) is 8.35. The van der Waals surface area contributed by atoms with Gasteiger partial charge in [0.25, 0.3) is 0 Å². The molecule has 0 spiro atoms. The molecule has 1 N–H and O–H groups in total. The van der Waals surface area contributed by atoms with Crippen molar-refractivity contribution in [2.45, 2.75) is 19.0 Å². The molecule has 0 fully saturated rings. The van der Waals surface area contributed by atoms with Crippen molar-refractivity contribution in [1.82, 2.24) is 4.98 Å². The van der Waals surface area contributed by atoms with Crippen LogP contribution in [0.2, 0.25) is 0 Å². The van der Waals surface area contributed by atoms with Gasteiger partial charge in [0.05, 0.1) is 28.4 Å². The lowest BCUT2D eigenvalue weighted by molar-refractivity contribution is -0.116. The zero-order valence-electron chi connectivity index (χ0n) is 16.6. The van der Waals surface area contributed by atoms with E-state index in [0.29, 0.717) is 24.0 Å². The molecule has 5 rings (SSSR count). The minimum Gasteiger partial charge on any atom is -0.489 e. The molecule has 0 saturated heterocycles. The number of halogens is 1. The first-order valence-electron chi connectivity index (χ1n) is 10.0. The molecule has 7 heteroatoms. The highest BCUT2D eigenvalue weighted by Crippen LogP contribution is 2.36. The molecule has 2 heterocycles. The van der Waals surface area contributed by atoms with Gasteiger partial charge < -0.3 is 15.0 Å². The molecule has 0 aliphatic carbocycles. The number of carbonyl (C=O) groups is 1. The van der Waals surface area contributed by atoms with E-state index >= 15 is 0 Å². The Kier molecular flexibility index (Phi) is 5.26. The van der Waals surface area contributed by atoms with Gasteiger partial charge in [-0.25, -0.2) is 9.37 Å². The van der Waals surface area contributed by atoms with Crippen LogP contribution in [0, 0.1) is 5.82 Å². The summed E-state index contributed by atoms with van der Waals surface area (Å²) in [6.45, 7) is 0.901. The Bertz CT molecular complexity index is 1190. The third-order valence-electron chi connectivity index (χ3n) is 5.26. The predicted octanol–water partition coefficient (Wildman–Crippen LogP) is 5.23. The number of para-hydroxylation sites is 1. The van der Waals surface area contributed by atoms with Gasteiger partial charge in [0.2, 0.25) is 5.91 Å². The van der Waals surface area contributed by atoms with Crippen molar-refractivity contribution in [3.8, 4) is 5.75 Å². The first-order chi connectivity index (χ1) is 15.2. The fraction of sp³-hybridized carbons (Fsp3) is 0.167. The van der Waals surface area contributed by atoms with E-state index in [-0.39, 0.29) is 24.2 Å². The third kappa shape index (κ3) is 4.22. The molecular weight excluding hydrogens is 413 g/mol. The van der Waals surface area contributed by atoms with E-state index in [9.17, 15) is 9.18 Å². The molecule has 0 saturated carbocycles. The second-order valence-corrected chi connectivity index (χ2v) is 8.46. The number of carbonyl (C=O) groups excluding carboxylic acids is 1. The number of nitrogens with zero attached hydrogens (tertiary/aromatic N) is 2. The standard InChI is InChI=1S/C24H20FN3O2S/c25-17-10-11-20-21(12-17)30-15-18(28(20)14-16-6-2-1-3-7-16)13-23(29)27-24-26-19-8-4-5-9-22(19)31-24/h1-12,18H,13-15H2,(H,26,27,29)/t18-/m1/s1. The number of rotatable bonds is 5. The second-order valence-electron chi connectivity index (χ2n) is 7.43. The van der Waals surface area contributed by atoms with Crippen LogP contribution in [-0.2, 0) is 11.3 Å². The van der Waals surface area contributed by atoms with Gasteiger partial charge in [-0.05, 0) is 29.8 Å². The summed E-state index contributed by atoms with van der Waals surface area (Å²) in [6, 6.07) is 22.1. The Labute approximate surface area is 183 Å². The number of hydrogen-bond donors (Lipinski definition) is 1. The van der Waals surface area contributed by atoms with Crippen LogP contribution in [0.1, 0.15) is 12.0 Å². The van der Waals surface area contributed by atoms with Gasteiger partial charge >= 0.3 is 0 Å². The first kappa shape index (κ1) is 19.5. The van der Waals surface area contributed by atoms with E-state index < -0.39 is 0 Å². The number of ether oxygens (including phenoxy) is 1. The normalized spacial score (nSPS) is 15.4. The number of nitrogens with one attached hydrogen (secondary N) is 1. The highest BCUT2D eigenvalue weighted by molar-refractivity contribution is 7.22. The minimum atomic E-state index is -0.342. The maximum absolute atomic E-state index is 13.7. The van der Waals surface area contributed by atoms with Gasteiger partial charge in [0.1, 0.15) is 18.2 Å². The number of hydrogen-bond acceptors (Lipinski definition) is 5. The Morgan fingerprint density at radius 1 is 1.13 bits per heavy atom. The molecule has 0 radical (unpaired) electrons. The summed E-state index contributed by atoms with van der Waals surface area (Å²) in [5.74, 6) is 0.0282. The molecule has 31 heavy (non-hydrogen) atoms. The highest BCUT2D eigenvalue weighted by atomic mass is 32.1. The summed E-state index contributed by atoms with van der Waals surface area (Å²) in [4.78, 5) is 19.4. The van der Waals surface area contributed by atoms with Crippen LogP contribution >= 0.6 is 11.3 Å². The molecule has 1 amide bonds. The summed E-state index contributed by atoms with van der Waals surface area (Å²) in [5.41, 5.74) is 2.76. The predicted molar refractivity (Wildman–Crippen MR) is 121 cm³/mol. The van der Waals surface area contributed by atoms with Crippen molar-refractivity contribution in [2.24, 2.45) is 0 Å². The van der Waals surface area contributed by atoms with Crippen LogP contribution < -0.4 is 15.0 Å². The van der Waals surface area contributed by atoms with E-state index in [2.05, 4.69) is 15.2 Å². The molecule has 0 unspecified atom stereocenters. The van der Waals surface area contributed by atoms with Crippen molar-refractivity contribution in [2.75, 3.05) is 16.8 Å². The average molecular weight is 434 g/mol. The largest absolute Gasteiger partial charge is 0.489 e. The smallest absolute Gasteiger partial charge is 0.228 e. The van der Waals surface area contributed by atoms with E-state index in [4.69, 9.17) is 4.74 Å². The van der Waals surface area contributed by atoms with Crippen molar-refractivity contribution in [3.63, 3.8) is 0 Å². The summed E-state index contributed by atoms with van der Waals surface area (Å²) in [5, 5.41) is 3.51. The number of aromatic nitrogens is 1. The summed E-state index contributed by atoms with van der Waals surface area (Å²) in [6.07, 6.45) is 0.236. The Balaban J connectivity index is 1.37. The molecule has 1 aromatic heterocycles. The highest BCUT2D eigenvalue weighted by Gasteiger charge is 2.30. The molecule has 1 aliphatic heterocycles. The number of fused-ring (bicyclic) bond motifs is 2. The number of amides is 1. The van der Waals surface area contributed by atoms with Crippen LogP contribution in [-0.4, -0.2) is 23.5 Å². The lowest BCUT2D eigenvalue weighted by atomic mass is 10.1. The summed E-state index contributed by atoms with van der Waals surface area (Å²) in [7, 11) is 0. The maximum atomic E-state index is 13.7. The van der Waals surface area contributed by atoms with Gasteiger partial charge in [-0.2, -0.15) is 0 Å². The average Bonchev–Trinajstić information content (AvgIpc) is 3.18. The van der Waals surface area contributed by atoms with E-state index in [1.54, 1.807) is 6.07 Å². The molecule has 1 aliphatic rings. The Morgan fingerprint density at radius 2 is 1.94 bits per heavy atom. The lowest BCUT2D eigenvalue weighted by Crippen LogP contribution is -2.44. The fourth-order valence-electron chi connectivity index (χ4n) is 3.79. The van der Waals surface area contributed by atoms with Gasteiger partial charge in [0, 0.05) is 12.6 Å².